The van der Waals surface area contributed by atoms with Crippen molar-refractivity contribution in [2.24, 2.45) is 0 Å². The smallest absolute Gasteiger partial charge is 0.332 e. The summed E-state index contributed by atoms with van der Waals surface area (Å²) in [5, 5.41) is 3.79. The lowest BCUT2D eigenvalue weighted by Gasteiger charge is -2.07. The van der Waals surface area contributed by atoms with Crippen LogP contribution in [0.1, 0.15) is 28.4 Å². The molecule has 4 rings (SSSR count). The Morgan fingerprint density at radius 1 is 1.21 bits per heavy atom. The van der Waals surface area contributed by atoms with E-state index in [4.69, 9.17) is 16.1 Å². The summed E-state index contributed by atoms with van der Waals surface area (Å²) in [5.41, 5.74) is 1.51. The quantitative estimate of drug-likeness (QED) is 0.429. The minimum atomic E-state index is -4.54. The molecule has 3 aromatic heterocycles. The van der Waals surface area contributed by atoms with Crippen molar-refractivity contribution in [3.63, 3.8) is 0 Å². The summed E-state index contributed by atoms with van der Waals surface area (Å²) in [5.74, 6) is 0.322. The van der Waals surface area contributed by atoms with Crippen molar-refractivity contribution in [2.45, 2.75) is 19.5 Å². The van der Waals surface area contributed by atoms with Gasteiger partial charge in [-0.1, -0.05) is 35.8 Å². The fourth-order valence-electron chi connectivity index (χ4n) is 2.95. The van der Waals surface area contributed by atoms with Crippen molar-refractivity contribution in [2.75, 3.05) is 0 Å². The molecule has 0 spiro atoms. The monoisotopic (exact) mass is 420 g/mol. The van der Waals surface area contributed by atoms with Crippen LogP contribution in [0.5, 0.6) is 0 Å². The molecule has 4 aromatic rings. The van der Waals surface area contributed by atoms with Crippen molar-refractivity contribution >= 4 is 23.5 Å². The maximum atomic E-state index is 13.0. The van der Waals surface area contributed by atoms with Gasteiger partial charge in [-0.3, -0.25) is 4.79 Å². The van der Waals surface area contributed by atoms with E-state index in [1.807, 2.05) is 6.92 Å². The van der Waals surface area contributed by atoms with Gasteiger partial charge in [0.25, 0.3) is 5.89 Å². The molecule has 0 aliphatic heterocycles. The van der Waals surface area contributed by atoms with Crippen molar-refractivity contribution < 1.29 is 22.5 Å². The molecule has 0 saturated heterocycles. The Morgan fingerprint density at radius 2 is 2.00 bits per heavy atom. The number of alkyl halides is 3. The van der Waals surface area contributed by atoms with Gasteiger partial charge in [-0.15, -0.1) is 0 Å². The van der Waals surface area contributed by atoms with Crippen molar-refractivity contribution in [3.8, 4) is 23.0 Å². The van der Waals surface area contributed by atoms with Gasteiger partial charge in [-0.25, -0.2) is 4.98 Å². The number of pyridine rings is 1. The third kappa shape index (κ3) is 3.49. The molecule has 10 heteroatoms. The standard InChI is InChI=1S/C19H12ClF3N4O2/c1-2-11-5-10(9-28)3-4-13(11)16-25-18(29-26-16)15-8-27-7-12(19(21,22)23)6-14(20)17(27)24-15/h3-9H,2H2,1H3. The minimum Gasteiger partial charge on any atom is -0.332 e. The lowest BCUT2D eigenvalue weighted by molar-refractivity contribution is -0.137. The second kappa shape index (κ2) is 7.00. The molecule has 0 bridgehead atoms. The first-order valence-corrected chi connectivity index (χ1v) is 8.86. The van der Waals surface area contributed by atoms with E-state index >= 15 is 0 Å². The molecule has 0 atom stereocenters. The Hall–Kier alpha value is -3.20. The van der Waals surface area contributed by atoms with Gasteiger partial charge >= 0.3 is 6.18 Å². The molecule has 0 N–H and O–H groups in total. The lowest BCUT2D eigenvalue weighted by Crippen LogP contribution is -2.06. The van der Waals surface area contributed by atoms with Gasteiger partial charge in [0.15, 0.2) is 5.65 Å². The lowest BCUT2D eigenvalue weighted by atomic mass is 10.0. The molecular weight excluding hydrogens is 409 g/mol. The van der Waals surface area contributed by atoms with Gasteiger partial charge < -0.3 is 8.92 Å². The second-order valence-electron chi connectivity index (χ2n) is 6.24. The fourth-order valence-corrected chi connectivity index (χ4v) is 3.21. The Morgan fingerprint density at radius 3 is 2.69 bits per heavy atom. The molecule has 1 aromatic carbocycles. The van der Waals surface area contributed by atoms with Gasteiger partial charge in [0.1, 0.15) is 12.0 Å². The number of aryl methyl sites for hydroxylation is 1. The highest BCUT2D eigenvalue weighted by molar-refractivity contribution is 6.33. The normalized spacial score (nSPS) is 11.9. The first-order chi connectivity index (χ1) is 13.8. The number of fused-ring (bicyclic) bond motifs is 1. The van der Waals surface area contributed by atoms with Crippen LogP contribution in [-0.4, -0.2) is 25.8 Å². The summed E-state index contributed by atoms with van der Waals surface area (Å²) in [6.45, 7) is 1.93. The summed E-state index contributed by atoms with van der Waals surface area (Å²) in [7, 11) is 0. The number of carbonyl (C=O) groups excluding carboxylic acids is 1. The maximum Gasteiger partial charge on any atom is 0.417 e. The van der Waals surface area contributed by atoms with Crippen LogP contribution < -0.4 is 0 Å². The van der Waals surface area contributed by atoms with Gasteiger partial charge in [0.05, 0.1) is 10.6 Å². The molecule has 0 saturated carbocycles. The van der Waals surface area contributed by atoms with E-state index < -0.39 is 11.7 Å². The number of halogens is 4. The van der Waals surface area contributed by atoms with E-state index in [9.17, 15) is 18.0 Å². The summed E-state index contributed by atoms with van der Waals surface area (Å²) < 4.78 is 45.4. The molecule has 6 nitrogen and oxygen atoms in total. The molecule has 0 amide bonds. The molecule has 0 aliphatic rings. The van der Waals surface area contributed by atoms with Crippen molar-refractivity contribution in [1.82, 2.24) is 19.5 Å². The minimum absolute atomic E-state index is 0.0369. The van der Waals surface area contributed by atoms with E-state index in [1.54, 1.807) is 18.2 Å². The summed E-state index contributed by atoms with van der Waals surface area (Å²) in [6.07, 6.45) is -0.915. The third-order valence-electron chi connectivity index (χ3n) is 4.37. The van der Waals surface area contributed by atoms with E-state index in [0.717, 1.165) is 24.1 Å². The van der Waals surface area contributed by atoms with Crippen molar-refractivity contribution in [1.29, 1.82) is 0 Å². The zero-order valence-electron chi connectivity index (χ0n) is 14.9. The maximum absolute atomic E-state index is 13.0. The highest BCUT2D eigenvalue weighted by Crippen LogP contribution is 2.33. The van der Waals surface area contributed by atoms with E-state index in [0.29, 0.717) is 17.5 Å². The number of rotatable bonds is 4. The average molecular weight is 421 g/mol. The number of aldehydes is 1. The third-order valence-corrected chi connectivity index (χ3v) is 4.64. The number of carbonyl (C=O) groups is 1. The number of hydrogen-bond acceptors (Lipinski definition) is 5. The van der Waals surface area contributed by atoms with Crippen LogP contribution in [0, 0.1) is 0 Å². The van der Waals surface area contributed by atoms with Crippen LogP contribution in [0.4, 0.5) is 13.2 Å². The Labute approximate surface area is 166 Å². The largest absolute Gasteiger partial charge is 0.417 e. The van der Waals surface area contributed by atoms with Crippen molar-refractivity contribution in [3.05, 3.63) is 58.4 Å². The molecule has 0 unspecified atom stereocenters. The molecule has 29 heavy (non-hydrogen) atoms. The topological polar surface area (TPSA) is 73.3 Å². The van der Waals surface area contributed by atoms with Crippen LogP contribution in [-0.2, 0) is 12.6 Å². The fraction of sp³-hybridized carbons (Fsp3) is 0.158. The number of aromatic nitrogens is 4. The Balaban J connectivity index is 1.76. The van der Waals surface area contributed by atoms with E-state index in [-0.39, 0.29) is 28.1 Å². The summed E-state index contributed by atoms with van der Waals surface area (Å²) >= 11 is 5.96. The molecule has 148 valence electrons. The van der Waals surface area contributed by atoms with Crippen LogP contribution in [0.25, 0.3) is 28.6 Å². The molecule has 0 aliphatic carbocycles. The molecule has 0 radical (unpaired) electrons. The average Bonchev–Trinajstić information content (AvgIpc) is 3.34. The predicted octanol–water partition coefficient (Wildman–Crippen LogP) is 5.10. The van der Waals surface area contributed by atoms with E-state index in [1.165, 1.54) is 10.6 Å². The molecular formula is C19H12ClF3N4O2. The number of imidazole rings is 1. The second-order valence-corrected chi connectivity index (χ2v) is 6.65. The highest BCUT2D eigenvalue weighted by atomic mass is 35.5. The zero-order chi connectivity index (χ0) is 20.8. The van der Waals surface area contributed by atoms with Crippen LogP contribution in [0.2, 0.25) is 5.02 Å². The zero-order valence-corrected chi connectivity index (χ0v) is 15.6. The number of hydrogen-bond donors (Lipinski definition) is 0. The summed E-state index contributed by atoms with van der Waals surface area (Å²) in [4.78, 5) is 19.5. The Bertz CT molecular complexity index is 1230. The number of nitrogens with zero attached hydrogens (tertiary/aromatic N) is 4. The summed E-state index contributed by atoms with van der Waals surface area (Å²) in [6, 6.07) is 5.91. The van der Waals surface area contributed by atoms with Gasteiger partial charge in [0, 0.05) is 23.5 Å². The first kappa shape index (κ1) is 19.1. The van der Waals surface area contributed by atoms with Gasteiger partial charge in [0.2, 0.25) is 5.82 Å². The van der Waals surface area contributed by atoms with Gasteiger partial charge in [-0.05, 0) is 24.1 Å². The van der Waals surface area contributed by atoms with Crippen LogP contribution >= 0.6 is 11.6 Å². The first-order valence-electron chi connectivity index (χ1n) is 8.48. The number of benzene rings is 1. The Kier molecular flexibility index (Phi) is 4.62. The highest BCUT2D eigenvalue weighted by Gasteiger charge is 2.32. The molecule has 3 heterocycles. The van der Waals surface area contributed by atoms with E-state index in [2.05, 4.69) is 15.1 Å². The molecule has 0 fully saturated rings. The van der Waals surface area contributed by atoms with Gasteiger partial charge in [-0.2, -0.15) is 18.2 Å². The SMILES string of the molecule is CCc1cc(C=O)ccc1-c1noc(-c2cn3cc(C(F)(F)F)cc(Cl)c3n2)n1. The van der Waals surface area contributed by atoms with Crippen LogP contribution in [0.3, 0.4) is 0 Å². The van der Waals surface area contributed by atoms with Crippen LogP contribution in [0.15, 0.2) is 41.2 Å². The predicted molar refractivity (Wildman–Crippen MR) is 98.7 cm³/mol.